The van der Waals surface area contributed by atoms with Crippen molar-refractivity contribution in [2.75, 3.05) is 6.54 Å². The molecular weight excluding hydrogens is 408 g/mol. The lowest BCUT2D eigenvalue weighted by atomic mass is 10.1. The molecule has 0 spiro atoms. The molecule has 0 saturated heterocycles. The first-order valence-electron chi connectivity index (χ1n) is 10.0. The Labute approximate surface area is 185 Å². The fourth-order valence-corrected chi connectivity index (χ4v) is 3.60. The van der Waals surface area contributed by atoms with Crippen LogP contribution in [0.15, 0.2) is 79.0 Å². The van der Waals surface area contributed by atoms with Crippen LogP contribution in [0.2, 0.25) is 0 Å². The number of hydrogen-bond donors (Lipinski definition) is 1. The first-order valence-corrected chi connectivity index (χ1v) is 10.8. The molecule has 4 rings (SSSR count). The number of amides is 1. The summed E-state index contributed by atoms with van der Waals surface area (Å²) < 4.78 is 10.2. The molecule has 2 aromatic heterocycles. The first kappa shape index (κ1) is 20.7. The Hall–Kier alpha value is -3.58. The topological polar surface area (TPSA) is 77.0 Å². The minimum Gasteiger partial charge on any atom is -0.430 e. The van der Waals surface area contributed by atoms with E-state index >= 15 is 0 Å². The SMILES string of the molecule is O=C(Cc1ccc(Oc2nc(Cc3ccccc3)ns2)cc1)NCCc1ccccn1. The van der Waals surface area contributed by atoms with E-state index in [9.17, 15) is 4.79 Å². The summed E-state index contributed by atoms with van der Waals surface area (Å²) in [5.74, 6) is 1.39. The van der Waals surface area contributed by atoms with Crippen molar-refractivity contribution in [3.05, 3.63) is 102 Å². The minimum absolute atomic E-state index is 0.0146. The van der Waals surface area contributed by atoms with Gasteiger partial charge in [0.2, 0.25) is 5.91 Å². The zero-order valence-corrected chi connectivity index (χ0v) is 17.7. The number of carbonyl (C=O) groups is 1. The Bertz CT molecular complexity index is 1100. The van der Waals surface area contributed by atoms with Crippen LogP contribution in [0, 0.1) is 0 Å². The highest BCUT2D eigenvalue weighted by Gasteiger charge is 2.08. The first-order chi connectivity index (χ1) is 15.2. The summed E-state index contributed by atoms with van der Waals surface area (Å²) in [5, 5.41) is 3.44. The predicted octanol–water partition coefficient (Wildman–Crippen LogP) is 4.22. The van der Waals surface area contributed by atoms with Crippen molar-refractivity contribution in [2.45, 2.75) is 19.3 Å². The average Bonchev–Trinajstić information content (AvgIpc) is 3.23. The number of hydrogen-bond acceptors (Lipinski definition) is 6. The van der Waals surface area contributed by atoms with Crippen LogP contribution in [0.3, 0.4) is 0 Å². The predicted molar refractivity (Wildman–Crippen MR) is 120 cm³/mol. The Morgan fingerprint density at radius 1 is 0.935 bits per heavy atom. The van der Waals surface area contributed by atoms with Gasteiger partial charge in [0.25, 0.3) is 5.19 Å². The second kappa shape index (κ2) is 10.4. The molecular formula is C24H22N4O2S. The number of pyridine rings is 1. The highest BCUT2D eigenvalue weighted by atomic mass is 32.1. The third kappa shape index (κ3) is 6.45. The third-order valence-electron chi connectivity index (χ3n) is 4.58. The molecule has 6 nitrogen and oxygen atoms in total. The standard InChI is InChI=1S/C24H22N4O2S/c29-23(26-15-13-20-8-4-5-14-25-20)17-19-9-11-21(12-10-19)30-24-27-22(28-31-24)16-18-6-2-1-3-7-18/h1-12,14H,13,15-17H2,(H,26,29). The molecule has 2 heterocycles. The molecule has 1 amide bonds. The Morgan fingerprint density at radius 3 is 2.52 bits per heavy atom. The quantitative estimate of drug-likeness (QED) is 0.430. The van der Waals surface area contributed by atoms with Crippen LogP contribution in [0.1, 0.15) is 22.6 Å². The molecule has 0 fully saturated rings. The van der Waals surface area contributed by atoms with Crippen molar-refractivity contribution in [2.24, 2.45) is 0 Å². The second-order valence-corrected chi connectivity index (χ2v) is 7.70. The summed E-state index contributed by atoms with van der Waals surface area (Å²) in [6.45, 7) is 0.569. The molecule has 0 bridgehead atoms. The number of nitrogens with zero attached hydrogens (tertiary/aromatic N) is 3. The van der Waals surface area contributed by atoms with E-state index in [2.05, 4.69) is 31.8 Å². The molecule has 7 heteroatoms. The van der Waals surface area contributed by atoms with Gasteiger partial charge >= 0.3 is 0 Å². The molecule has 0 saturated carbocycles. The van der Waals surface area contributed by atoms with Gasteiger partial charge in [0.05, 0.1) is 6.42 Å². The van der Waals surface area contributed by atoms with Gasteiger partial charge in [0.1, 0.15) is 5.75 Å². The lowest BCUT2D eigenvalue weighted by molar-refractivity contribution is -0.120. The maximum Gasteiger partial charge on any atom is 0.298 e. The fourth-order valence-electron chi connectivity index (χ4n) is 3.03. The van der Waals surface area contributed by atoms with Gasteiger partial charge in [0.15, 0.2) is 5.82 Å². The molecule has 0 atom stereocenters. The summed E-state index contributed by atoms with van der Waals surface area (Å²) in [6.07, 6.45) is 3.47. The van der Waals surface area contributed by atoms with Crippen LogP contribution in [0.4, 0.5) is 0 Å². The van der Waals surface area contributed by atoms with Gasteiger partial charge in [-0.05, 0) is 35.4 Å². The Balaban J connectivity index is 1.24. The summed E-state index contributed by atoms with van der Waals surface area (Å²) in [7, 11) is 0. The van der Waals surface area contributed by atoms with Crippen LogP contribution in [0.5, 0.6) is 10.9 Å². The molecule has 0 radical (unpaired) electrons. The van der Waals surface area contributed by atoms with Gasteiger partial charge in [-0.1, -0.05) is 48.5 Å². The smallest absolute Gasteiger partial charge is 0.298 e. The number of carbonyl (C=O) groups excluding carboxylic acids is 1. The normalized spacial score (nSPS) is 10.6. The molecule has 0 aliphatic carbocycles. The van der Waals surface area contributed by atoms with Crippen molar-refractivity contribution in [3.63, 3.8) is 0 Å². The van der Waals surface area contributed by atoms with E-state index in [-0.39, 0.29) is 5.91 Å². The number of ether oxygens (including phenoxy) is 1. The molecule has 1 N–H and O–H groups in total. The van der Waals surface area contributed by atoms with E-state index in [0.29, 0.717) is 36.8 Å². The number of rotatable bonds is 9. The van der Waals surface area contributed by atoms with E-state index in [0.717, 1.165) is 22.6 Å². The van der Waals surface area contributed by atoms with Crippen LogP contribution in [-0.4, -0.2) is 26.8 Å². The van der Waals surface area contributed by atoms with Gasteiger partial charge in [-0.15, -0.1) is 0 Å². The summed E-state index contributed by atoms with van der Waals surface area (Å²) >= 11 is 1.23. The largest absolute Gasteiger partial charge is 0.430 e. The monoisotopic (exact) mass is 430 g/mol. The average molecular weight is 431 g/mol. The van der Waals surface area contributed by atoms with Crippen LogP contribution in [0.25, 0.3) is 0 Å². The summed E-state index contributed by atoms with van der Waals surface area (Å²) in [4.78, 5) is 20.9. The highest BCUT2D eigenvalue weighted by molar-refractivity contribution is 7.07. The molecule has 0 aliphatic heterocycles. The molecule has 2 aromatic carbocycles. The summed E-state index contributed by atoms with van der Waals surface area (Å²) in [5.41, 5.74) is 3.05. The Morgan fingerprint density at radius 2 is 1.74 bits per heavy atom. The lowest BCUT2D eigenvalue weighted by Crippen LogP contribution is -2.27. The number of nitrogens with one attached hydrogen (secondary N) is 1. The molecule has 0 unspecified atom stereocenters. The summed E-state index contributed by atoms with van der Waals surface area (Å²) in [6, 6.07) is 23.3. The van der Waals surface area contributed by atoms with Gasteiger partial charge in [-0.25, -0.2) is 0 Å². The zero-order chi connectivity index (χ0) is 21.3. The Kier molecular flexibility index (Phi) is 6.97. The van der Waals surface area contributed by atoms with Crippen LogP contribution in [-0.2, 0) is 24.1 Å². The second-order valence-electron chi connectivity index (χ2n) is 6.98. The van der Waals surface area contributed by atoms with Crippen molar-refractivity contribution in [3.8, 4) is 10.9 Å². The van der Waals surface area contributed by atoms with Gasteiger partial charge < -0.3 is 10.1 Å². The van der Waals surface area contributed by atoms with Gasteiger partial charge in [-0.2, -0.15) is 9.36 Å². The van der Waals surface area contributed by atoms with Crippen molar-refractivity contribution in [1.82, 2.24) is 19.7 Å². The van der Waals surface area contributed by atoms with Gasteiger partial charge in [-0.3, -0.25) is 9.78 Å². The van der Waals surface area contributed by atoms with Gasteiger partial charge in [0, 0.05) is 42.8 Å². The van der Waals surface area contributed by atoms with E-state index in [1.54, 1.807) is 6.20 Å². The van der Waals surface area contributed by atoms with Crippen molar-refractivity contribution < 1.29 is 9.53 Å². The van der Waals surface area contributed by atoms with Crippen LogP contribution >= 0.6 is 11.5 Å². The van der Waals surface area contributed by atoms with Crippen LogP contribution < -0.4 is 10.1 Å². The zero-order valence-electron chi connectivity index (χ0n) is 16.9. The minimum atomic E-state index is -0.0146. The number of aromatic nitrogens is 3. The molecule has 0 aliphatic rings. The van der Waals surface area contributed by atoms with E-state index in [1.165, 1.54) is 11.5 Å². The molecule has 156 valence electrons. The van der Waals surface area contributed by atoms with E-state index in [1.807, 2.05) is 60.7 Å². The highest BCUT2D eigenvalue weighted by Crippen LogP contribution is 2.24. The lowest BCUT2D eigenvalue weighted by Gasteiger charge is -2.06. The van der Waals surface area contributed by atoms with Crippen molar-refractivity contribution in [1.29, 1.82) is 0 Å². The van der Waals surface area contributed by atoms with E-state index < -0.39 is 0 Å². The fraction of sp³-hybridized carbons (Fsp3) is 0.167. The maximum atomic E-state index is 12.2. The van der Waals surface area contributed by atoms with E-state index in [4.69, 9.17) is 4.74 Å². The molecule has 31 heavy (non-hydrogen) atoms. The number of benzene rings is 2. The van der Waals surface area contributed by atoms with Crippen molar-refractivity contribution >= 4 is 17.4 Å². The third-order valence-corrected chi connectivity index (χ3v) is 5.21. The maximum absolute atomic E-state index is 12.2. The molecule has 4 aromatic rings.